The van der Waals surface area contributed by atoms with Crippen molar-refractivity contribution in [3.05, 3.63) is 35.9 Å². The summed E-state index contributed by atoms with van der Waals surface area (Å²) in [5.41, 5.74) is 7.15. The number of fused-ring (bicyclic) bond motifs is 1. The summed E-state index contributed by atoms with van der Waals surface area (Å²) in [6, 6.07) is 9.28. The van der Waals surface area contributed by atoms with Gasteiger partial charge in [0.15, 0.2) is 11.5 Å². The summed E-state index contributed by atoms with van der Waals surface area (Å²) < 4.78 is 16.9. The molecule has 21 heavy (non-hydrogen) atoms. The molecular formula is C16H18N2O3. The molecule has 0 spiro atoms. The molecule has 1 aromatic heterocycles. The molecule has 0 radical (unpaired) electrons. The number of nitrogens with two attached hydrogens (primary N) is 1. The molecule has 5 heteroatoms. The van der Waals surface area contributed by atoms with Crippen molar-refractivity contribution < 1.29 is 14.2 Å². The second-order valence-corrected chi connectivity index (χ2v) is 5.63. The molecule has 1 aromatic carbocycles. The van der Waals surface area contributed by atoms with Gasteiger partial charge in [-0.2, -0.15) is 4.98 Å². The van der Waals surface area contributed by atoms with Gasteiger partial charge >= 0.3 is 0 Å². The number of hydrogen-bond donors (Lipinski definition) is 1. The maximum atomic E-state index is 5.97. The second kappa shape index (κ2) is 4.84. The third-order valence-corrected chi connectivity index (χ3v) is 3.33. The van der Waals surface area contributed by atoms with Crippen LogP contribution in [0.4, 0.5) is 5.69 Å². The second-order valence-electron chi connectivity index (χ2n) is 5.63. The minimum absolute atomic E-state index is 0.214. The summed E-state index contributed by atoms with van der Waals surface area (Å²) in [6.45, 7) is 4.11. The van der Waals surface area contributed by atoms with Crippen LogP contribution in [0, 0.1) is 0 Å². The van der Waals surface area contributed by atoms with Crippen molar-refractivity contribution >= 4 is 5.69 Å². The molecule has 0 amide bonds. The SMILES string of the molecule is COc1nc(Oc2cccc3c2OC(C)(C)C3)ccc1N. The molecule has 1 aliphatic rings. The Labute approximate surface area is 123 Å². The van der Waals surface area contributed by atoms with Crippen LogP contribution < -0.4 is 19.9 Å². The van der Waals surface area contributed by atoms with Crippen molar-refractivity contribution in [3.63, 3.8) is 0 Å². The first kappa shape index (κ1) is 13.5. The minimum atomic E-state index is -0.214. The molecule has 2 heterocycles. The highest BCUT2D eigenvalue weighted by Gasteiger charge is 2.32. The zero-order valence-electron chi connectivity index (χ0n) is 12.3. The van der Waals surface area contributed by atoms with Gasteiger partial charge in [-0.1, -0.05) is 12.1 Å². The Morgan fingerprint density at radius 2 is 2.05 bits per heavy atom. The lowest BCUT2D eigenvalue weighted by Crippen LogP contribution is -2.24. The lowest BCUT2D eigenvalue weighted by atomic mass is 10.0. The van der Waals surface area contributed by atoms with Crippen molar-refractivity contribution in [1.29, 1.82) is 0 Å². The van der Waals surface area contributed by atoms with E-state index in [1.807, 2.05) is 18.2 Å². The average molecular weight is 286 g/mol. The van der Waals surface area contributed by atoms with Gasteiger partial charge in [0.05, 0.1) is 12.8 Å². The number of rotatable bonds is 3. The van der Waals surface area contributed by atoms with E-state index in [9.17, 15) is 0 Å². The van der Waals surface area contributed by atoms with Crippen LogP contribution in [0.2, 0.25) is 0 Å². The van der Waals surface area contributed by atoms with E-state index in [2.05, 4.69) is 18.8 Å². The third-order valence-electron chi connectivity index (χ3n) is 3.33. The van der Waals surface area contributed by atoms with Gasteiger partial charge in [-0.3, -0.25) is 0 Å². The molecule has 3 rings (SSSR count). The zero-order chi connectivity index (χ0) is 15.0. The zero-order valence-corrected chi connectivity index (χ0v) is 12.3. The Hall–Kier alpha value is -2.43. The third kappa shape index (κ3) is 2.59. The highest BCUT2D eigenvalue weighted by atomic mass is 16.5. The Morgan fingerprint density at radius 1 is 1.24 bits per heavy atom. The van der Waals surface area contributed by atoms with E-state index in [-0.39, 0.29) is 5.60 Å². The first-order chi connectivity index (χ1) is 9.98. The van der Waals surface area contributed by atoms with Crippen LogP contribution in [0.1, 0.15) is 19.4 Å². The number of benzene rings is 1. The molecule has 110 valence electrons. The quantitative estimate of drug-likeness (QED) is 0.938. The normalized spacial score (nSPS) is 15.2. The number of methoxy groups -OCH3 is 1. The first-order valence-corrected chi connectivity index (χ1v) is 6.78. The molecule has 0 fully saturated rings. The van der Waals surface area contributed by atoms with Gasteiger partial charge in [-0.25, -0.2) is 0 Å². The number of pyridine rings is 1. The summed E-state index contributed by atoms with van der Waals surface area (Å²) in [5.74, 6) is 2.20. The lowest BCUT2D eigenvalue weighted by Gasteiger charge is -2.18. The monoisotopic (exact) mass is 286 g/mol. The molecule has 0 atom stereocenters. The minimum Gasteiger partial charge on any atom is -0.483 e. The fourth-order valence-corrected chi connectivity index (χ4v) is 2.43. The molecule has 0 aliphatic carbocycles. The van der Waals surface area contributed by atoms with Gasteiger partial charge in [0.2, 0.25) is 11.8 Å². The molecule has 0 saturated carbocycles. The molecule has 2 aromatic rings. The number of aromatic nitrogens is 1. The van der Waals surface area contributed by atoms with E-state index in [1.165, 1.54) is 7.11 Å². The fraction of sp³-hybridized carbons (Fsp3) is 0.312. The van der Waals surface area contributed by atoms with Crippen LogP contribution >= 0.6 is 0 Å². The van der Waals surface area contributed by atoms with Crippen molar-refractivity contribution in [3.8, 4) is 23.3 Å². The average Bonchev–Trinajstić information content (AvgIpc) is 2.76. The molecule has 5 nitrogen and oxygen atoms in total. The van der Waals surface area contributed by atoms with Crippen LogP contribution in [0.3, 0.4) is 0 Å². The van der Waals surface area contributed by atoms with E-state index in [4.69, 9.17) is 19.9 Å². The first-order valence-electron chi connectivity index (χ1n) is 6.78. The van der Waals surface area contributed by atoms with E-state index in [0.29, 0.717) is 23.2 Å². The van der Waals surface area contributed by atoms with Crippen LogP contribution in [-0.4, -0.2) is 17.7 Å². The number of para-hydroxylation sites is 1. The van der Waals surface area contributed by atoms with Crippen LogP contribution in [0.5, 0.6) is 23.3 Å². The summed E-state index contributed by atoms with van der Waals surface area (Å²) >= 11 is 0. The predicted octanol–water partition coefficient (Wildman–Crippen LogP) is 3.18. The van der Waals surface area contributed by atoms with E-state index >= 15 is 0 Å². The number of nitrogen functional groups attached to an aromatic ring is 1. The van der Waals surface area contributed by atoms with Crippen LogP contribution in [-0.2, 0) is 6.42 Å². The topological polar surface area (TPSA) is 66.6 Å². The lowest BCUT2D eigenvalue weighted by molar-refractivity contribution is 0.135. The van der Waals surface area contributed by atoms with Gasteiger partial charge in [-0.15, -0.1) is 0 Å². The summed E-state index contributed by atoms with van der Waals surface area (Å²) in [7, 11) is 1.52. The molecule has 2 N–H and O–H groups in total. The maximum absolute atomic E-state index is 5.97. The summed E-state index contributed by atoms with van der Waals surface area (Å²) in [5, 5.41) is 0. The molecular weight excluding hydrogens is 268 g/mol. The van der Waals surface area contributed by atoms with Gasteiger partial charge in [0.1, 0.15) is 5.60 Å². The van der Waals surface area contributed by atoms with Crippen molar-refractivity contribution in [2.24, 2.45) is 0 Å². The highest BCUT2D eigenvalue weighted by molar-refractivity contribution is 5.53. The Bertz CT molecular complexity index is 683. The van der Waals surface area contributed by atoms with E-state index < -0.39 is 0 Å². The van der Waals surface area contributed by atoms with Crippen molar-refractivity contribution in [2.45, 2.75) is 25.9 Å². The predicted molar refractivity (Wildman–Crippen MR) is 80.1 cm³/mol. The number of anilines is 1. The van der Waals surface area contributed by atoms with Crippen molar-refractivity contribution in [2.75, 3.05) is 12.8 Å². The largest absolute Gasteiger partial charge is 0.483 e. The Morgan fingerprint density at radius 3 is 2.81 bits per heavy atom. The van der Waals surface area contributed by atoms with Crippen molar-refractivity contribution in [1.82, 2.24) is 4.98 Å². The Balaban J connectivity index is 1.92. The Kier molecular flexibility index (Phi) is 3.12. The standard InChI is InChI=1S/C16H18N2O3/c1-16(2)9-10-5-4-6-12(14(10)21-16)20-13-8-7-11(17)15(18-13)19-3/h4-8H,9,17H2,1-3H3. The summed E-state index contributed by atoms with van der Waals surface area (Å²) in [4.78, 5) is 4.22. The number of hydrogen-bond acceptors (Lipinski definition) is 5. The van der Waals surface area contributed by atoms with Crippen LogP contribution in [0.15, 0.2) is 30.3 Å². The molecule has 0 bridgehead atoms. The van der Waals surface area contributed by atoms with Gasteiger partial charge < -0.3 is 19.9 Å². The van der Waals surface area contributed by atoms with Gasteiger partial charge in [0.25, 0.3) is 0 Å². The fourth-order valence-electron chi connectivity index (χ4n) is 2.43. The van der Waals surface area contributed by atoms with Crippen LogP contribution in [0.25, 0.3) is 0 Å². The number of nitrogens with zero attached hydrogens (tertiary/aromatic N) is 1. The highest BCUT2D eigenvalue weighted by Crippen LogP contribution is 2.43. The van der Waals surface area contributed by atoms with Gasteiger partial charge in [0, 0.05) is 18.1 Å². The molecule has 0 unspecified atom stereocenters. The van der Waals surface area contributed by atoms with E-state index in [1.54, 1.807) is 12.1 Å². The smallest absolute Gasteiger partial charge is 0.240 e. The molecule has 1 aliphatic heterocycles. The van der Waals surface area contributed by atoms with Gasteiger partial charge in [-0.05, 0) is 26.0 Å². The molecule has 0 saturated heterocycles. The number of ether oxygens (including phenoxy) is 3. The maximum Gasteiger partial charge on any atom is 0.240 e. The van der Waals surface area contributed by atoms with E-state index in [0.717, 1.165) is 17.7 Å². The summed E-state index contributed by atoms with van der Waals surface area (Å²) in [6.07, 6.45) is 0.859.